The van der Waals surface area contributed by atoms with E-state index >= 15 is 0 Å². The van der Waals surface area contributed by atoms with E-state index < -0.39 is 0 Å². The molecule has 0 heterocycles. The first-order chi connectivity index (χ1) is 19.6. The van der Waals surface area contributed by atoms with Gasteiger partial charge in [0.15, 0.2) is 0 Å². The molecule has 5 rings (SSSR count). The van der Waals surface area contributed by atoms with Gasteiger partial charge < -0.3 is 10.1 Å². The van der Waals surface area contributed by atoms with Crippen LogP contribution >= 0.6 is 0 Å². The van der Waals surface area contributed by atoms with Crippen LogP contribution in [-0.2, 0) is 17.7 Å². The molecule has 0 aliphatic heterocycles. The molecule has 0 aromatic heterocycles. The highest BCUT2D eigenvalue weighted by Crippen LogP contribution is 2.27. The van der Waals surface area contributed by atoms with Gasteiger partial charge in [0.1, 0.15) is 0 Å². The third-order valence-electron chi connectivity index (χ3n) is 7.48. The van der Waals surface area contributed by atoms with Crippen molar-refractivity contribution in [3.8, 4) is 0 Å². The minimum absolute atomic E-state index is 0.193. The summed E-state index contributed by atoms with van der Waals surface area (Å²) in [7, 11) is 1.41. The molecule has 0 fully saturated rings. The summed E-state index contributed by atoms with van der Waals surface area (Å²) in [5.74, 6) is -0.107. The lowest BCUT2D eigenvalue weighted by Gasteiger charge is -2.26. The molecule has 40 heavy (non-hydrogen) atoms. The number of benzene rings is 5. The maximum atomic E-state index is 12.0. The molecule has 0 aliphatic carbocycles. The van der Waals surface area contributed by atoms with E-state index in [4.69, 9.17) is 4.74 Å². The number of ether oxygens (including phenoxy) is 1. The van der Waals surface area contributed by atoms with Gasteiger partial charge in [-0.25, -0.2) is 4.79 Å². The maximum absolute atomic E-state index is 12.0. The monoisotopic (exact) mass is 525 g/mol. The Bertz CT molecular complexity index is 1590. The summed E-state index contributed by atoms with van der Waals surface area (Å²) < 4.78 is 4.91. The Hall–Kier alpha value is -4.47. The van der Waals surface area contributed by atoms with Crippen LogP contribution in [0.4, 0.5) is 0 Å². The number of esters is 1. The van der Waals surface area contributed by atoms with Crippen LogP contribution in [0.5, 0.6) is 0 Å². The second-order valence-electron chi connectivity index (χ2n) is 10.3. The third-order valence-corrected chi connectivity index (χ3v) is 7.48. The quantitative estimate of drug-likeness (QED) is 0.147. The first kappa shape index (κ1) is 27.1. The van der Waals surface area contributed by atoms with E-state index in [-0.39, 0.29) is 17.9 Å². The SMILES string of the molecule is COC(=O)c1ccc(C(Cc2cccc(C=Cc3ccccc3)c2)C(C)NCc2ccc3ccccc3c2)cc1. The van der Waals surface area contributed by atoms with Crippen molar-refractivity contribution in [1.82, 2.24) is 5.32 Å². The number of carbonyl (C=O) groups is 1. The highest BCUT2D eigenvalue weighted by molar-refractivity contribution is 5.89. The van der Waals surface area contributed by atoms with Crippen LogP contribution < -0.4 is 5.32 Å². The first-order valence-electron chi connectivity index (χ1n) is 13.8. The largest absolute Gasteiger partial charge is 0.465 e. The van der Waals surface area contributed by atoms with E-state index in [1.807, 2.05) is 18.2 Å². The summed E-state index contributed by atoms with van der Waals surface area (Å²) in [6, 6.07) is 42.3. The Morgan fingerprint density at radius 3 is 2.20 bits per heavy atom. The molecule has 3 nitrogen and oxygen atoms in total. The summed E-state index contributed by atoms with van der Waals surface area (Å²) in [6.45, 7) is 3.03. The van der Waals surface area contributed by atoms with Gasteiger partial charge in [-0.15, -0.1) is 0 Å². The van der Waals surface area contributed by atoms with E-state index in [1.165, 1.54) is 45.7 Å². The molecule has 0 spiro atoms. The lowest BCUT2D eigenvalue weighted by molar-refractivity contribution is 0.0600. The predicted octanol–water partition coefficient (Wildman–Crippen LogP) is 8.30. The molecule has 0 radical (unpaired) electrons. The molecule has 2 atom stereocenters. The second-order valence-corrected chi connectivity index (χ2v) is 10.3. The number of methoxy groups -OCH3 is 1. The summed E-state index contributed by atoms with van der Waals surface area (Å²) in [4.78, 5) is 12.0. The zero-order valence-electron chi connectivity index (χ0n) is 23.1. The third kappa shape index (κ3) is 6.93. The van der Waals surface area contributed by atoms with E-state index in [1.54, 1.807) is 0 Å². The fraction of sp³-hybridized carbons (Fsp3) is 0.162. The fourth-order valence-corrected chi connectivity index (χ4v) is 5.17. The number of hydrogen-bond acceptors (Lipinski definition) is 3. The highest BCUT2D eigenvalue weighted by atomic mass is 16.5. The molecule has 0 amide bonds. The molecule has 3 heteroatoms. The Labute approximate surface area is 237 Å². The molecule has 5 aromatic carbocycles. The van der Waals surface area contributed by atoms with Crippen LogP contribution in [0.1, 0.15) is 51.0 Å². The Morgan fingerprint density at radius 1 is 0.725 bits per heavy atom. The molecule has 0 bridgehead atoms. The normalized spacial score (nSPS) is 12.8. The zero-order valence-corrected chi connectivity index (χ0v) is 23.1. The highest BCUT2D eigenvalue weighted by Gasteiger charge is 2.21. The standard InChI is InChI=1S/C37H35NO2/c1-27(38-26-31-17-18-32-13-6-7-14-35(32)24-31)36(33-19-21-34(22-20-33)37(39)40-2)25-30-12-8-11-29(23-30)16-15-28-9-4-3-5-10-28/h3-24,27,36,38H,25-26H2,1-2H3. The van der Waals surface area contributed by atoms with Gasteiger partial charge in [-0.3, -0.25) is 0 Å². The zero-order chi connectivity index (χ0) is 27.7. The fourth-order valence-electron chi connectivity index (χ4n) is 5.17. The molecular weight excluding hydrogens is 490 g/mol. The minimum Gasteiger partial charge on any atom is -0.465 e. The van der Waals surface area contributed by atoms with Crippen LogP contribution in [0.15, 0.2) is 121 Å². The first-order valence-corrected chi connectivity index (χ1v) is 13.8. The van der Waals surface area contributed by atoms with Gasteiger partial charge >= 0.3 is 5.97 Å². The van der Waals surface area contributed by atoms with Gasteiger partial charge in [-0.2, -0.15) is 0 Å². The molecule has 2 unspecified atom stereocenters. The number of rotatable bonds is 10. The van der Waals surface area contributed by atoms with Crippen molar-refractivity contribution < 1.29 is 9.53 Å². The van der Waals surface area contributed by atoms with Crippen LogP contribution in [0, 0.1) is 0 Å². The topological polar surface area (TPSA) is 38.3 Å². The van der Waals surface area contributed by atoms with Crippen molar-refractivity contribution in [2.45, 2.75) is 31.8 Å². The summed E-state index contributed by atoms with van der Waals surface area (Å²) in [5, 5.41) is 6.29. The Kier molecular flexibility index (Phi) is 8.85. The number of carbonyl (C=O) groups excluding carboxylic acids is 1. The average molecular weight is 526 g/mol. The van der Waals surface area contributed by atoms with Crippen molar-refractivity contribution in [2.75, 3.05) is 7.11 Å². The van der Waals surface area contributed by atoms with Gasteiger partial charge in [-0.1, -0.05) is 115 Å². The lowest BCUT2D eigenvalue weighted by Crippen LogP contribution is -2.33. The molecular formula is C37H35NO2. The van der Waals surface area contributed by atoms with Crippen molar-refractivity contribution in [3.05, 3.63) is 155 Å². The van der Waals surface area contributed by atoms with Gasteiger partial charge in [0.2, 0.25) is 0 Å². The molecule has 0 saturated heterocycles. The molecule has 200 valence electrons. The van der Waals surface area contributed by atoms with Crippen molar-refractivity contribution in [1.29, 1.82) is 0 Å². The number of hydrogen-bond donors (Lipinski definition) is 1. The van der Waals surface area contributed by atoms with Gasteiger partial charge in [0.25, 0.3) is 0 Å². The molecule has 0 aliphatic rings. The molecule has 5 aromatic rings. The smallest absolute Gasteiger partial charge is 0.337 e. The van der Waals surface area contributed by atoms with Crippen LogP contribution in [-0.4, -0.2) is 19.1 Å². The maximum Gasteiger partial charge on any atom is 0.337 e. The lowest BCUT2D eigenvalue weighted by atomic mass is 9.85. The van der Waals surface area contributed by atoms with Gasteiger partial charge in [0.05, 0.1) is 12.7 Å². The number of nitrogens with one attached hydrogen (secondary N) is 1. The summed E-state index contributed by atoms with van der Waals surface area (Å²) >= 11 is 0. The van der Waals surface area contributed by atoms with E-state index in [2.05, 4.69) is 128 Å². The van der Waals surface area contributed by atoms with E-state index in [0.717, 1.165) is 13.0 Å². The predicted molar refractivity (Wildman–Crippen MR) is 166 cm³/mol. The molecule has 0 saturated carbocycles. The van der Waals surface area contributed by atoms with E-state index in [0.29, 0.717) is 5.56 Å². The van der Waals surface area contributed by atoms with Crippen LogP contribution in [0.3, 0.4) is 0 Å². The minimum atomic E-state index is -0.316. The van der Waals surface area contributed by atoms with Crippen LogP contribution in [0.2, 0.25) is 0 Å². The van der Waals surface area contributed by atoms with Crippen molar-refractivity contribution >= 4 is 28.9 Å². The summed E-state index contributed by atoms with van der Waals surface area (Å²) in [6.07, 6.45) is 5.19. The average Bonchev–Trinajstić information content (AvgIpc) is 3.02. The summed E-state index contributed by atoms with van der Waals surface area (Å²) in [5.41, 5.74) is 6.65. The van der Waals surface area contributed by atoms with Crippen molar-refractivity contribution in [2.24, 2.45) is 0 Å². The van der Waals surface area contributed by atoms with Crippen molar-refractivity contribution in [3.63, 3.8) is 0 Å². The second kappa shape index (κ2) is 13.1. The van der Waals surface area contributed by atoms with Gasteiger partial charge in [0, 0.05) is 18.5 Å². The Morgan fingerprint density at radius 2 is 1.43 bits per heavy atom. The van der Waals surface area contributed by atoms with Gasteiger partial charge in [-0.05, 0) is 70.1 Å². The number of fused-ring (bicyclic) bond motifs is 1. The van der Waals surface area contributed by atoms with Crippen LogP contribution in [0.25, 0.3) is 22.9 Å². The molecule has 1 N–H and O–H groups in total. The Balaban J connectivity index is 1.36. The van der Waals surface area contributed by atoms with E-state index in [9.17, 15) is 4.79 Å².